The smallest absolute Gasteiger partial charge is 0.416 e. The van der Waals surface area contributed by atoms with Crippen molar-refractivity contribution in [1.29, 1.82) is 0 Å². The third kappa shape index (κ3) is 4.48. The van der Waals surface area contributed by atoms with Crippen LogP contribution in [-0.4, -0.2) is 45.2 Å². The van der Waals surface area contributed by atoms with E-state index in [9.17, 15) is 18.0 Å². The highest BCUT2D eigenvalue weighted by Crippen LogP contribution is 2.40. The molecule has 5 nitrogen and oxygen atoms in total. The normalized spacial score (nSPS) is 22.4. The Morgan fingerprint density at radius 3 is 2.55 bits per heavy atom. The fraction of sp³-hybridized carbons (Fsp3) is 0.480. The third-order valence-corrected chi connectivity index (χ3v) is 7.08. The molecule has 2 aromatic rings. The number of anilines is 2. The summed E-state index contributed by atoms with van der Waals surface area (Å²) in [5.74, 6) is 0.860. The number of carbonyl (C=O) groups is 1. The number of benzene rings is 2. The number of ether oxygens (including phenoxy) is 1. The molecule has 0 bridgehead atoms. The minimum absolute atomic E-state index is 0.0588. The van der Waals surface area contributed by atoms with Crippen LogP contribution in [0, 0.1) is 11.8 Å². The van der Waals surface area contributed by atoms with Gasteiger partial charge in [0.05, 0.1) is 24.6 Å². The molecule has 8 heteroatoms. The molecule has 1 N–H and O–H groups in total. The highest BCUT2D eigenvalue weighted by molar-refractivity contribution is 5.82. The van der Waals surface area contributed by atoms with E-state index >= 15 is 0 Å². The van der Waals surface area contributed by atoms with Crippen molar-refractivity contribution in [3.05, 3.63) is 53.6 Å². The van der Waals surface area contributed by atoms with E-state index in [1.165, 1.54) is 6.07 Å². The molecule has 5 rings (SSSR count). The maximum Gasteiger partial charge on any atom is 0.416 e. The minimum Gasteiger partial charge on any atom is -0.497 e. The lowest BCUT2D eigenvalue weighted by Crippen LogP contribution is -2.61. The zero-order valence-electron chi connectivity index (χ0n) is 18.6. The zero-order valence-corrected chi connectivity index (χ0v) is 18.6. The minimum atomic E-state index is -4.40. The fourth-order valence-corrected chi connectivity index (χ4v) is 5.02. The van der Waals surface area contributed by atoms with Crippen molar-refractivity contribution in [2.75, 3.05) is 43.1 Å². The van der Waals surface area contributed by atoms with Crippen LogP contribution in [0.15, 0.2) is 42.5 Å². The Morgan fingerprint density at radius 2 is 1.88 bits per heavy atom. The van der Waals surface area contributed by atoms with Crippen LogP contribution in [0.25, 0.3) is 0 Å². The second-order valence-corrected chi connectivity index (χ2v) is 9.25. The maximum atomic E-state index is 13.3. The van der Waals surface area contributed by atoms with Gasteiger partial charge in [-0.2, -0.15) is 13.2 Å². The van der Waals surface area contributed by atoms with E-state index in [0.717, 1.165) is 42.6 Å². The van der Waals surface area contributed by atoms with Crippen molar-refractivity contribution in [3.63, 3.8) is 0 Å². The van der Waals surface area contributed by atoms with Crippen LogP contribution in [0.3, 0.4) is 0 Å². The Hall–Kier alpha value is -2.90. The van der Waals surface area contributed by atoms with Gasteiger partial charge in [-0.1, -0.05) is 0 Å². The number of alkyl halides is 3. The molecule has 2 fully saturated rings. The Balaban J connectivity index is 1.43. The Morgan fingerprint density at radius 1 is 1.12 bits per heavy atom. The van der Waals surface area contributed by atoms with Gasteiger partial charge < -0.3 is 19.9 Å². The molecule has 0 unspecified atom stereocenters. The van der Waals surface area contributed by atoms with Gasteiger partial charge >= 0.3 is 6.18 Å². The summed E-state index contributed by atoms with van der Waals surface area (Å²) in [5.41, 5.74) is 1.80. The van der Waals surface area contributed by atoms with E-state index in [2.05, 4.69) is 15.1 Å². The second-order valence-electron chi connectivity index (χ2n) is 9.25. The van der Waals surface area contributed by atoms with E-state index < -0.39 is 17.7 Å². The standard InChI is InChI=1S/C25H28F3N3O2/c1-33-20-7-5-19(6-8-20)30-10-11-31-22-9-4-18(25(26,27)28)12-17(22)13-21(23(31)15-30)24(32)29-14-16-2-3-16/h4-9,12,16,21,23H,2-3,10-11,13-15H2,1H3,(H,29,32)/t21-,23+/m0/s1. The topological polar surface area (TPSA) is 44.8 Å². The Kier molecular flexibility index (Phi) is 5.62. The summed E-state index contributed by atoms with van der Waals surface area (Å²) in [7, 11) is 1.63. The maximum absolute atomic E-state index is 13.3. The Labute approximate surface area is 191 Å². The largest absolute Gasteiger partial charge is 0.497 e. The molecule has 0 aromatic heterocycles. The van der Waals surface area contributed by atoms with Gasteiger partial charge in [0.15, 0.2) is 0 Å². The van der Waals surface area contributed by atoms with Crippen molar-refractivity contribution in [3.8, 4) is 5.75 Å². The summed E-state index contributed by atoms with van der Waals surface area (Å²) >= 11 is 0. The number of rotatable bonds is 5. The van der Waals surface area contributed by atoms with Gasteiger partial charge in [-0.15, -0.1) is 0 Å². The highest BCUT2D eigenvalue weighted by Gasteiger charge is 2.43. The molecule has 1 aliphatic carbocycles. The average Bonchev–Trinajstić information content (AvgIpc) is 3.65. The van der Waals surface area contributed by atoms with Gasteiger partial charge in [0, 0.05) is 37.6 Å². The van der Waals surface area contributed by atoms with Crippen molar-refractivity contribution < 1.29 is 22.7 Å². The predicted molar refractivity (Wildman–Crippen MR) is 121 cm³/mol. The summed E-state index contributed by atoms with van der Waals surface area (Å²) in [6, 6.07) is 11.7. The van der Waals surface area contributed by atoms with E-state index in [1.807, 2.05) is 24.3 Å². The monoisotopic (exact) mass is 459 g/mol. The second kappa shape index (κ2) is 8.47. The van der Waals surface area contributed by atoms with Crippen LogP contribution >= 0.6 is 0 Å². The van der Waals surface area contributed by atoms with Crippen LogP contribution in [0.1, 0.15) is 24.0 Å². The van der Waals surface area contributed by atoms with E-state index in [4.69, 9.17) is 4.74 Å². The summed E-state index contributed by atoms with van der Waals surface area (Å²) < 4.78 is 45.3. The first kappa shape index (κ1) is 21.9. The van der Waals surface area contributed by atoms with Crippen molar-refractivity contribution in [1.82, 2.24) is 5.32 Å². The van der Waals surface area contributed by atoms with Gasteiger partial charge in [-0.05, 0) is 73.2 Å². The molecule has 0 radical (unpaired) electrons. The summed E-state index contributed by atoms with van der Waals surface area (Å²) in [5, 5.41) is 3.07. The molecule has 2 heterocycles. The van der Waals surface area contributed by atoms with Crippen molar-refractivity contribution in [2.45, 2.75) is 31.5 Å². The molecule has 1 saturated heterocycles. The van der Waals surface area contributed by atoms with Crippen LogP contribution < -0.4 is 19.9 Å². The lowest BCUT2D eigenvalue weighted by molar-refractivity contribution is -0.137. The number of carbonyl (C=O) groups excluding carboxylic acids is 1. The van der Waals surface area contributed by atoms with Crippen LogP contribution in [0.5, 0.6) is 5.75 Å². The first-order chi connectivity index (χ1) is 15.8. The van der Waals surface area contributed by atoms with Crippen molar-refractivity contribution in [2.24, 2.45) is 11.8 Å². The van der Waals surface area contributed by atoms with Gasteiger partial charge in [-0.3, -0.25) is 4.79 Å². The zero-order chi connectivity index (χ0) is 23.2. The number of nitrogens with one attached hydrogen (secondary N) is 1. The molecular weight excluding hydrogens is 431 g/mol. The summed E-state index contributed by atoms with van der Waals surface area (Å²) in [6.45, 7) is 2.65. The quantitative estimate of drug-likeness (QED) is 0.731. The molecule has 2 atom stereocenters. The van der Waals surface area contributed by atoms with Gasteiger partial charge in [0.1, 0.15) is 5.75 Å². The number of methoxy groups -OCH3 is 1. The SMILES string of the molecule is COc1ccc(N2CCN3c4ccc(C(F)(F)F)cc4C[C@H](C(=O)NCC4CC4)[C@H]3C2)cc1. The van der Waals surface area contributed by atoms with Crippen LogP contribution in [0.2, 0.25) is 0 Å². The molecule has 33 heavy (non-hydrogen) atoms. The van der Waals surface area contributed by atoms with Gasteiger partial charge in [0.2, 0.25) is 5.91 Å². The highest BCUT2D eigenvalue weighted by atomic mass is 19.4. The number of fused-ring (bicyclic) bond motifs is 3. The number of amides is 1. The third-order valence-electron chi connectivity index (χ3n) is 7.08. The summed E-state index contributed by atoms with van der Waals surface area (Å²) in [6.07, 6.45) is -1.83. The summed E-state index contributed by atoms with van der Waals surface area (Å²) in [4.78, 5) is 17.6. The number of hydrogen-bond donors (Lipinski definition) is 1. The van der Waals surface area contributed by atoms with Crippen molar-refractivity contribution >= 4 is 17.3 Å². The molecule has 2 aliphatic heterocycles. The molecule has 1 amide bonds. The van der Waals surface area contributed by atoms with Gasteiger partial charge in [0.25, 0.3) is 0 Å². The molecule has 176 valence electrons. The van der Waals surface area contributed by atoms with Gasteiger partial charge in [-0.25, -0.2) is 0 Å². The molecular formula is C25H28F3N3O2. The molecule has 2 aromatic carbocycles. The first-order valence-electron chi connectivity index (χ1n) is 11.5. The number of halogens is 3. The van der Waals surface area contributed by atoms with Crippen LogP contribution in [-0.2, 0) is 17.4 Å². The number of nitrogens with zero attached hydrogens (tertiary/aromatic N) is 2. The Bertz CT molecular complexity index is 1020. The lowest BCUT2D eigenvalue weighted by atomic mass is 9.82. The number of piperazine rings is 1. The van der Waals surface area contributed by atoms with E-state index in [0.29, 0.717) is 37.5 Å². The number of hydrogen-bond acceptors (Lipinski definition) is 4. The first-order valence-corrected chi connectivity index (χ1v) is 11.5. The molecule has 0 spiro atoms. The van der Waals surface area contributed by atoms with Crippen LogP contribution in [0.4, 0.5) is 24.5 Å². The lowest BCUT2D eigenvalue weighted by Gasteiger charge is -2.49. The molecule has 3 aliphatic rings. The predicted octanol–water partition coefficient (Wildman–Crippen LogP) is 4.11. The fourth-order valence-electron chi connectivity index (χ4n) is 5.02. The van der Waals surface area contributed by atoms with E-state index in [-0.39, 0.29) is 11.9 Å². The average molecular weight is 460 g/mol. The van der Waals surface area contributed by atoms with E-state index in [1.54, 1.807) is 13.2 Å². The molecule has 1 saturated carbocycles.